The topological polar surface area (TPSA) is 115 Å². The minimum absolute atomic E-state index is 0.219. The van der Waals surface area contributed by atoms with Gasteiger partial charge in [0.15, 0.2) is 0 Å². The zero-order valence-corrected chi connectivity index (χ0v) is 17.8. The molecule has 2 aromatic rings. The first-order chi connectivity index (χ1) is 13.0. The second-order valence-electron chi connectivity index (χ2n) is 7.17. The quantitative estimate of drug-likeness (QED) is 0.490. The van der Waals surface area contributed by atoms with E-state index in [1.54, 1.807) is 40.0 Å². The molecular weight excluding hydrogens is 404 g/mol. The molecule has 0 saturated carbocycles. The van der Waals surface area contributed by atoms with E-state index in [0.717, 1.165) is 11.3 Å². The maximum Gasteiger partial charge on any atom is 0.357 e. The molecule has 0 bridgehead atoms. The summed E-state index contributed by atoms with van der Waals surface area (Å²) < 4.78 is 43.2. The largest absolute Gasteiger partial charge is 0.459 e. The average molecular weight is 429 g/mol. The number of carbonyl (C=O) groups excluding carboxylic acids is 1. The normalized spacial score (nSPS) is 13.2. The predicted molar refractivity (Wildman–Crippen MR) is 107 cm³/mol. The zero-order chi connectivity index (χ0) is 20.9. The Bertz CT molecular complexity index is 901. The molecule has 0 fully saturated rings. The van der Waals surface area contributed by atoms with Crippen LogP contribution in [0.3, 0.4) is 0 Å². The number of thiazole rings is 1. The molecule has 8 nitrogen and oxygen atoms in total. The van der Waals surface area contributed by atoms with Gasteiger partial charge in [0.05, 0.1) is 18.0 Å². The van der Waals surface area contributed by atoms with Crippen molar-refractivity contribution in [1.82, 2.24) is 4.98 Å². The van der Waals surface area contributed by atoms with Gasteiger partial charge in [-0.2, -0.15) is 8.42 Å². The fourth-order valence-electron chi connectivity index (χ4n) is 2.43. The number of rotatable bonds is 8. The summed E-state index contributed by atoms with van der Waals surface area (Å²) in [6, 6.07) is 6.37. The lowest BCUT2D eigenvalue weighted by Gasteiger charge is -2.23. The molecule has 154 valence electrons. The molecule has 1 aromatic carbocycles. The van der Waals surface area contributed by atoms with Crippen LogP contribution in [0.4, 0.5) is 5.69 Å². The Labute approximate surface area is 168 Å². The second kappa shape index (κ2) is 8.99. The number of hydrogen-bond acceptors (Lipinski definition) is 7. The van der Waals surface area contributed by atoms with Gasteiger partial charge in [-0.25, -0.2) is 4.98 Å². The monoisotopic (exact) mass is 428 g/mol. The Morgan fingerprint density at radius 2 is 1.93 bits per heavy atom. The van der Waals surface area contributed by atoms with Crippen molar-refractivity contribution in [1.29, 1.82) is 0 Å². The van der Waals surface area contributed by atoms with E-state index in [1.807, 2.05) is 10.1 Å². The molecular formula is C18H24N2O6S2. The number of hydrogen-bond donors (Lipinski definition) is 2. The molecule has 1 unspecified atom stereocenters. The van der Waals surface area contributed by atoms with Crippen LogP contribution in [-0.2, 0) is 37.6 Å². The van der Waals surface area contributed by atoms with Crippen LogP contribution in [0.15, 0.2) is 29.6 Å². The van der Waals surface area contributed by atoms with E-state index in [0.29, 0.717) is 18.0 Å². The molecule has 10 heteroatoms. The first kappa shape index (κ1) is 22.3. The number of ether oxygens (including phenoxy) is 2. The van der Waals surface area contributed by atoms with Gasteiger partial charge in [-0.3, -0.25) is 14.1 Å². The molecule has 2 rings (SSSR count). The Morgan fingerprint density at radius 1 is 1.29 bits per heavy atom. The van der Waals surface area contributed by atoms with Gasteiger partial charge < -0.3 is 9.47 Å². The van der Waals surface area contributed by atoms with Crippen LogP contribution < -0.4 is 4.72 Å². The summed E-state index contributed by atoms with van der Waals surface area (Å²) in [4.78, 5) is 17.3. The van der Waals surface area contributed by atoms with E-state index in [2.05, 4.69) is 4.98 Å². The molecule has 0 radical (unpaired) electrons. The van der Waals surface area contributed by atoms with Gasteiger partial charge in [0.25, 0.3) is 0 Å². The van der Waals surface area contributed by atoms with E-state index >= 15 is 0 Å². The zero-order valence-electron chi connectivity index (χ0n) is 16.1. The van der Waals surface area contributed by atoms with Gasteiger partial charge >= 0.3 is 16.3 Å². The van der Waals surface area contributed by atoms with Crippen molar-refractivity contribution in [3.8, 4) is 0 Å². The Morgan fingerprint density at radius 3 is 2.46 bits per heavy atom. The molecule has 0 aliphatic heterocycles. The van der Waals surface area contributed by atoms with Crippen LogP contribution in [0.1, 0.15) is 43.0 Å². The number of anilines is 1. The second-order valence-corrected chi connectivity index (χ2v) is 9.22. The third-order valence-corrected chi connectivity index (χ3v) is 4.99. The molecule has 0 aliphatic rings. The highest BCUT2D eigenvalue weighted by Crippen LogP contribution is 2.28. The average Bonchev–Trinajstić information content (AvgIpc) is 2.99. The third-order valence-electron chi connectivity index (χ3n) is 3.49. The van der Waals surface area contributed by atoms with Crippen molar-refractivity contribution in [2.45, 2.75) is 45.3 Å². The fraction of sp³-hybridized carbons (Fsp3) is 0.444. The summed E-state index contributed by atoms with van der Waals surface area (Å²) in [7, 11) is -2.76. The van der Waals surface area contributed by atoms with Gasteiger partial charge in [0.1, 0.15) is 16.5 Å². The van der Waals surface area contributed by atoms with Gasteiger partial charge in [-0.1, -0.05) is 12.1 Å². The van der Waals surface area contributed by atoms with Gasteiger partial charge in [0.2, 0.25) is 0 Å². The third kappa shape index (κ3) is 7.19. The van der Waals surface area contributed by atoms with Crippen molar-refractivity contribution in [2.75, 3.05) is 11.8 Å². The summed E-state index contributed by atoms with van der Waals surface area (Å²) in [6.45, 7) is 5.76. The van der Waals surface area contributed by atoms with Crippen LogP contribution in [0.25, 0.3) is 0 Å². The van der Waals surface area contributed by atoms with E-state index < -0.39 is 21.8 Å². The Kier molecular flexibility index (Phi) is 7.16. The number of nitrogens with zero attached hydrogens (tertiary/aromatic N) is 1. The van der Waals surface area contributed by atoms with Crippen molar-refractivity contribution >= 4 is 33.3 Å². The Hall–Kier alpha value is -2.01. The van der Waals surface area contributed by atoms with E-state index in [1.165, 1.54) is 23.5 Å². The molecule has 0 spiro atoms. The standard InChI is InChI=1S/C18H24N2O6S2/c1-18(2,3)26-17(21)15(16-19-14(10-25-4)11-27-16)9-12-5-7-13(8-6-12)20-28(22,23)24/h5-8,11,15,20H,9-10H2,1-4H3,(H,22,23,24). The highest BCUT2D eigenvalue weighted by molar-refractivity contribution is 7.87. The SMILES string of the molecule is COCc1csc(C(Cc2ccc(NS(=O)(=O)O)cc2)C(=O)OC(C)(C)C)n1. The molecule has 0 aliphatic carbocycles. The molecule has 28 heavy (non-hydrogen) atoms. The van der Waals surface area contributed by atoms with Gasteiger partial charge in [-0.15, -0.1) is 11.3 Å². The lowest BCUT2D eigenvalue weighted by molar-refractivity contribution is -0.156. The lowest BCUT2D eigenvalue weighted by Crippen LogP contribution is -2.28. The minimum Gasteiger partial charge on any atom is -0.459 e. The molecule has 1 aromatic heterocycles. The van der Waals surface area contributed by atoms with Crippen molar-refractivity contribution in [3.63, 3.8) is 0 Å². The molecule has 1 atom stereocenters. The van der Waals surface area contributed by atoms with Crippen molar-refractivity contribution in [2.24, 2.45) is 0 Å². The number of methoxy groups -OCH3 is 1. The van der Waals surface area contributed by atoms with Crippen molar-refractivity contribution in [3.05, 3.63) is 45.9 Å². The van der Waals surface area contributed by atoms with Crippen molar-refractivity contribution < 1.29 is 27.2 Å². The number of benzene rings is 1. The molecule has 1 heterocycles. The summed E-state index contributed by atoms with van der Waals surface area (Å²) in [5, 5.41) is 2.47. The van der Waals surface area contributed by atoms with Crippen LogP contribution >= 0.6 is 11.3 Å². The Balaban J connectivity index is 2.24. The minimum atomic E-state index is -4.34. The van der Waals surface area contributed by atoms with E-state index in [9.17, 15) is 13.2 Å². The van der Waals surface area contributed by atoms with Crippen LogP contribution in [0.2, 0.25) is 0 Å². The van der Waals surface area contributed by atoms with E-state index in [4.69, 9.17) is 14.0 Å². The molecule has 2 N–H and O–H groups in total. The summed E-state index contributed by atoms with van der Waals surface area (Å²) in [5.41, 5.74) is 1.12. The predicted octanol–water partition coefficient (Wildman–Crippen LogP) is 3.17. The van der Waals surface area contributed by atoms with E-state index in [-0.39, 0.29) is 11.7 Å². The smallest absolute Gasteiger partial charge is 0.357 e. The van der Waals surface area contributed by atoms with Gasteiger partial charge in [-0.05, 0) is 44.9 Å². The number of carbonyl (C=O) groups is 1. The maximum absolute atomic E-state index is 12.8. The summed E-state index contributed by atoms with van der Waals surface area (Å²) in [6.07, 6.45) is 0.334. The maximum atomic E-state index is 12.8. The summed E-state index contributed by atoms with van der Waals surface area (Å²) >= 11 is 1.37. The van der Waals surface area contributed by atoms with Gasteiger partial charge in [0, 0.05) is 12.5 Å². The number of aromatic nitrogens is 1. The number of nitrogens with one attached hydrogen (secondary N) is 1. The molecule has 0 saturated heterocycles. The first-order valence-electron chi connectivity index (χ1n) is 8.47. The number of esters is 1. The van der Waals surface area contributed by atoms with Crippen LogP contribution in [-0.4, -0.2) is 36.6 Å². The fourth-order valence-corrected chi connectivity index (χ4v) is 3.76. The molecule has 0 amide bonds. The van der Waals surface area contributed by atoms with Crippen LogP contribution in [0.5, 0.6) is 0 Å². The van der Waals surface area contributed by atoms with Crippen LogP contribution in [0, 0.1) is 0 Å². The first-order valence-corrected chi connectivity index (χ1v) is 10.8. The highest BCUT2D eigenvalue weighted by atomic mass is 32.2. The summed E-state index contributed by atoms with van der Waals surface area (Å²) in [5.74, 6) is -0.985. The lowest BCUT2D eigenvalue weighted by atomic mass is 9.99. The highest BCUT2D eigenvalue weighted by Gasteiger charge is 2.29.